The lowest BCUT2D eigenvalue weighted by molar-refractivity contribution is 0.466. The first-order valence-corrected chi connectivity index (χ1v) is 41.0. The summed E-state index contributed by atoms with van der Waals surface area (Å²) in [5.74, 6) is 9.14. The molecule has 0 spiro atoms. The first-order valence-electron chi connectivity index (χ1n) is 31.0. The van der Waals surface area contributed by atoms with E-state index < -0.39 is 0 Å². The molecule has 0 heterocycles. The van der Waals surface area contributed by atoms with Crippen LogP contribution in [-0.4, -0.2) is 54.0 Å². The van der Waals surface area contributed by atoms with Gasteiger partial charge in [-0.25, -0.2) is 0 Å². The van der Waals surface area contributed by atoms with Crippen LogP contribution in [0.25, 0.3) is 33.4 Å². The predicted octanol–water partition coefficient (Wildman–Crippen LogP) is 23.4. The monoisotopic (exact) mass is 1540 g/mol. The summed E-state index contributed by atoms with van der Waals surface area (Å²) in [6.45, 7) is 16.0. The fourth-order valence-corrected chi connectivity index (χ4v) is 12.6. The summed E-state index contributed by atoms with van der Waals surface area (Å²) in [4.78, 5) is 0. The highest BCUT2D eigenvalue weighted by Crippen LogP contribution is 2.49. The minimum atomic E-state index is 0.315. The smallest absolute Gasteiger partial charge is 0.123 e. The SMILES string of the molecule is BrBr.CBr.CBr.CBr.CBr.CC.CC.CC.CC.Oc1ccc2c(c1-c1c(O)ccc3c1CCCC3)CCCC2.Oc1ccc2c(c1-c1c(O)ccc3c1CCCC3)CCCC2.Oc1ccc2c(c1-c1c(O)ccc3c1CCCC3)CCCC2. The van der Waals surface area contributed by atoms with Crippen LogP contribution in [0.2, 0.25) is 0 Å². The van der Waals surface area contributed by atoms with Crippen molar-refractivity contribution in [3.63, 3.8) is 0 Å². The van der Waals surface area contributed by atoms with Gasteiger partial charge in [-0.15, -0.1) is 0 Å². The van der Waals surface area contributed by atoms with E-state index in [1.807, 2.05) is 78.7 Å². The summed E-state index contributed by atoms with van der Waals surface area (Å²) >= 11 is 17.2. The van der Waals surface area contributed by atoms with Crippen molar-refractivity contribution in [2.24, 2.45) is 0 Å². The Balaban J connectivity index is 0.000000554. The Morgan fingerprint density at radius 3 is 0.429 bits per heavy atom. The molecule has 0 saturated carbocycles. The fourth-order valence-electron chi connectivity index (χ4n) is 12.6. The van der Waals surface area contributed by atoms with Gasteiger partial charge in [-0.1, -0.05) is 156 Å². The third-order valence-corrected chi connectivity index (χ3v) is 15.8. The van der Waals surface area contributed by atoms with Gasteiger partial charge in [-0.2, -0.15) is 0 Å². The maximum Gasteiger partial charge on any atom is 0.123 e. The van der Waals surface area contributed by atoms with Gasteiger partial charge in [-0.3, -0.25) is 0 Å². The molecule has 0 aliphatic heterocycles. The molecule has 0 unspecified atom stereocenters. The quantitative estimate of drug-likeness (QED) is 0.0982. The molecule has 12 rings (SSSR count). The lowest BCUT2D eigenvalue weighted by Gasteiger charge is -2.25. The van der Waals surface area contributed by atoms with Crippen LogP contribution in [0.4, 0.5) is 0 Å². The zero-order chi connectivity index (χ0) is 63.3. The van der Waals surface area contributed by atoms with Gasteiger partial charge in [-0.05, 0) is 281 Å². The molecule has 6 aromatic carbocycles. The molecule has 0 saturated heterocycles. The van der Waals surface area contributed by atoms with Crippen LogP contribution < -0.4 is 0 Å². The topological polar surface area (TPSA) is 121 Å². The summed E-state index contributed by atoms with van der Waals surface area (Å²) in [6.07, 6.45) is 26.8. The van der Waals surface area contributed by atoms with E-state index >= 15 is 0 Å². The van der Waals surface area contributed by atoms with Crippen LogP contribution in [-0.2, 0) is 77.0 Å². The summed E-state index contributed by atoms with van der Waals surface area (Å²) in [7, 11) is 0. The molecule has 6 aliphatic rings. The molecule has 6 aliphatic carbocycles. The van der Waals surface area contributed by atoms with Gasteiger partial charge in [0.2, 0.25) is 0 Å². The molecule has 6 N–H and O–H groups in total. The number of hydrogen-bond donors (Lipinski definition) is 6. The zero-order valence-electron chi connectivity index (χ0n) is 52.8. The van der Waals surface area contributed by atoms with Crippen molar-refractivity contribution >= 4 is 92.0 Å². The minimum absolute atomic E-state index is 0.315. The molecule has 12 heteroatoms. The third-order valence-electron chi connectivity index (χ3n) is 15.8. The summed E-state index contributed by atoms with van der Waals surface area (Å²) in [5, 5.41) is 63.2. The Bertz CT molecular complexity index is 2340. The lowest BCUT2D eigenvalue weighted by Crippen LogP contribution is -2.08. The molecular weight excluding hydrogens is 1440 g/mol. The molecule has 0 aromatic heterocycles. The molecule has 0 radical (unpaired) electrons. The molecule has 0 bridgehead atoms. The van der Waals surface area contributed by atoms with Crippen molar-refractivity contribution in [1.82, 2.24) is 0 Å². The van der Waals surface area contributed by atoms with E-state index in [9.17, 15) is 30.6 Å². The molecule has 0 fully saturated rings. The van der Waals surface area contributed by atoms with Gasteiger partial charge < -0.3 is 30.6 Å². The lowest BCUT2D eigenvalue weighted by atomic mass is 9.80. The van der Waals surface area contributed by atoms with Crippen molar-refractivity contribution in [2.75, 3.05) is 23.3 Å². The number of halogens is 6. The molecule has 6 aromatic rings. The number of benzene rings is 6. The van der Waals surface area contributed by atoms with Crippen molar-refractivity contribution in [1.29, 1.82) is 0 Å². The number of aromatic hydroxyl groups is 6. The summed E-state index contributed by atoms with van der Waals surface area (Å²) in [6, 6.07) is 23.2. The maximum absolute atomic E-state index is 10.5. The van der Waals surface area contributed by atoms with Gasteiger partial charge >= 0.3 is 0 Å². The van der Waals surface area contributed by atoms with Gasteiger partial charge in [0.05, 0.1) is 0 Å². The highest BCUT2D eigenvalue weighted by molar-refractivity contribution is 9.93. The second kappa shape index (κ2) is 45.3. The highest BCUT2D eigenvalue weighted by atomic mass is 80.9. The molecule has 84 heavy (non-hydrogen) atoms. The molecular formula is C72H102Br6O6. The Kier molecular flexibility index (Phi) is 42.6. The highest BCUT2D eigenvalue weighted by Gasteiger charge is 2.28. The zero-order valence-corrected chi connectivity index (χ0v) is 62.4. The van der Waals surface area contributed by atoms with E-state index in [1.165, 1.54) is 144 Å². The van der Waals surface area contributed by atoms with Crippen LogP contribution >= 0.6 is 92.0 Å². The third kappa shape index (κ3) is 20.5. The number of hydrogen-bond acceptors (Lipinski definition) is 6. The number of fused-ring (bicyclic) bond motifs is 6. The fraction of sp³-hybridized carbons (Fsp3) is 0.500. The largest absolute Gasteiger partial charge is 0.507 e. The number of alkyl halides is 4. The van der Waals surface area contributed by atoms with Gasteiger partial charge in [0.15, 0.2) is 0 Å². The first-order chi connectivity index (χ1) is 41.3. The maximum atomic E-state index is 10.5. The first kappa shape index (κ1) is 79.0. The van der Waals surface area contributed by atoms with E-state index in [0.29, 0.717) is 34.5 Å². The van der Waals surface area contributed by atoms with E-state index in [0.717, 1.165) is 110 Å². The average molecular weight is 1540 g/mol. The number of phenols is 6. The van der Waals surface area contributed by atoms with Crippen LogP contribution in [0.15, 0.2) is 72.8 Å². The normalized spacial score (nSPS) is 13.9. The van der Waals surface area contributed by atoms with Crippen molar-refractivity contribution in [3.8, 4) is 67.9 Å². The van der Waals surface area contributed by atoms with E-state index in [1.54, 1.807) is 36.4 Å². The molecule has 0 atom stereocenters. The van der Waals surface area contributed by atoms with Gasteiger partial charge in [0.1, 0.15) is 34.5 Å². The summed E-state index contributed by atoms with van der Waals surface area (Å²) < 4.78 is 0. The van der Waals surface area contributed by atoms with Crippen LogP contribution in [0, 0.1) is 0 Å². The average Bonchev–Trinajstić information content (AvgIpc) is 2.47. The molecule has 468 valence electrons. The van der Waals surface area contributed by atoms with E-state index in [4.69, 9.17) is 0 Å². The minimum Gasteiger partial charge on any atom is -0.507 e. The molecule has 6 nitrogen and oxygen atoms in total. The van der Waals surface area contributed by atoms with Crippen LogP contribution in [0.3, 0.4) is 0 Å². The summed E-state index contributed by atoms with van der Waals surface area (Å²) in [5.41, 5.74) is 20.9. The number of rotatable bonds is 3. The van der Waals surface area contributed by atoms with E-state index in [-0.39, 0.29) is 0 Å². The van der Waals surface area contributed by atoms with Crippen molar-refractivity contribution in [2.45, 2.75) is 209 Å². The van der Waals surface area contributed by atoms with Crippen LogP contribution in [0.1, 0.15) is 199 Å². The Morgan fingerprint density at radius 2 is 0.310 bits per heavy atom. The second-order valence-electron chi connectivity index (χ2n) is 19.8. The van der Waals surface area contributed by atoms with Gasteiger partial charge in [0.25, 0.3) is 0 Å². The number of phenolic OH excluding ortho intramolecular Hbond substituents is 6. The number of aryl methyl sites for hydroxylation is 6. The Morgan fingerprint density at radius 1 is 0.202 bits per heavy atom. The Hall–Kier alpha value is -3.00. The van der Waals surface area contributed by atoms with Gasteiger partial charge in [0, 0.05) is 61.6 Å². The predicted molar refractivity (Wildman–Crippen MR) is 388 cm³/mol. The van der Waals surface area contributed by atoms with E-state index in [2.05, 4.69) is 128 Å². The Labute approximate surface area is 557 Å². The van der Waals surface area contributed by atoms with Crippen LogP contribution in [0.5, 0.6) is 34.5 Å². The second-order valence-corrected chi connectivity index (χ2v) is 19.8. The standard InChI is InChI=1S/3C20H22O2.4C2H6.4CH3Br.Br2/c3*21-17-11-9-13-5-1-3-7-15(13)19(17)20-16-8-4-2-6-14(16)10-12-18(20)22;9*1-2/h3*9-12,21-22H,1-8H2;4*1-2H3;4*1H3;. The van der Waals surface area contributed by atoms with Crippen molar-refractivity contribution in [3.05, 3.63) is 140 Å². The van der Waals surface area contributed by atoms with Crippen molar-refractivity contribution < 1.29 is 30.6 Å². The molecule has 0 amide bonds.